The number of esters is 2. The first-order valence-electron chi connectivity index (χ1n) is 10.7. The highest BCUT2D eigenvalue weighted by Crippen LogP contribution is 2.29. The molecule has 0 saturated heterocycles. The van der Waals surface area contributed by atoms with E-state index in [0.717, 1.165) is 36.9 Å². The van der Waals surface area contributed by atoms with E-state index in [1.807, 2.05) is 41.8 Å². The maximum atomic E-state index is 11.5. The molecule has 2 radical (unpaired) electrons. The van der Waals surface area contributed by atoms with Crippen LogP contribution in [-0.2, 0) is 19.1 Å². The largest absolute Gasteiger partial charge is 0.461 e. The Labute approximate surface area is 181 Å². The van der Waals surface area contributed by atoms with E-state index in [9.17, 15) is 9.59 Å². The lowest BCUT2D eigenvalue weighted by Gasteiger charge is -2.00. The van der Waals surface area contributed by atoms with Crippen LogP contribution in [0.15, 0.2) is 33.3 Å². The molecule has 30 heavy (non-hydrogen) atoms. The summed E-state index contributed by atoms with van der Waals surface area (Å²) in [6, 6.07) is 2.09. The first kappa shape index (κ1) is 27.6. The Balaban J connectivity index is 0.000000518. The average molecular weight is 423 g/mol. The maximum absolute atomic E-state index is 11.5. The number of nitrogens with zero attached hydrogens (tertiary/aromatic N) is 4. The SMILES string of the molecule is CC.CCC[C]1C=C(C(=O)OCC)N=[N+]1C.CCOC(=O)C1=C(CC)[C](C)[N+](C)=N1. The molecule has 0 N–H and O–H groups in total. The van der Waals surface area contributed by atoms with Crippen LogP contribution in [0.1, 0.15) is 67.7 Å². The van der Waals surface area contributed by atoms with Crippen LogP contribution in [-0.4, -0.2) is 48.6 Å². The summed E-state index contributed by atoms with van der Waals surface area (Å²) in [6.07, 6.45) is 4.57. The van der Waals surface area contributed by atoms with E-state index in [2.05, 4.69) is 17.2 Å². The molecule has 0 spiro atoms. The lowest BCUT2D eigenvalue weighted by atomic mass is 10.1. The van der Waals surface area contributed by atoms with Crippen molar-refractivity contribution in [1.29, 1.82) is 0 Å². The molecule has 0 atom stereocenters. The smallest absolute Gasteiger partial charge is 0.363 e. The van der Waals surface area contributed by atoms with Crippen molar-refractivity contribution in [2.45, 2.75) is 67.7 Å². The molecule has 168 valence electrons. The Morgan fingerprint density at radius 1 is 0.933 bits per heavy atom. The molecule has 0 aromatic rings. The molecule has 2 rings (SSSR count). The van der Waals surface area contributed by atoms with Crippen molar-refractivity contribution < 1.29 is 28.5 Å². The quantitative estimate of drug-likeness (QED) is 0.437. The number of hydrogen-bond donors (Lipinski definition) is 0. The van der Waals surface area contributed by atoms with Gasteiger partial charge in [0.2, 0.25) is 11.4 Å². The minimum absolute atomic E-state index is 0.326. The van der Waals surface area contributed by atoms with Gasteiger partial charge in [0.1, 0.15) is 0 Å². The summed E-state index contributed by atoms with van der Waals surface area (Å²) in [5, 5.41) is 8.23. The fraction of sp³-hybridized carbons (Fsp3) is 0.636. The minimum Gasteiger partial charge on any atom is -0.461 e. The number of azo groups is 4. The zero-order valence-electron chi connectivity index (χ0n) is 20.0. The topological polar surface area (TPSA) is 83.3 Å². The van der Waals surface area contributed by atoms with Gasteiger partial charge in [-0.25, -0.2) is 9.59 Å². The summed E-state index contributed by atoms with van der Waals surface area (Å²) in [7, 11) is 3.67. The lowest BCUT2D eigenvalue weighted by Crippen LogP contribution is -2.08. The Hall–Kier alpha value is -2.38. The normalized spacial score (nSPS) is 16.0. The third-order valence-corrected chi connectivity index (χ3v) is 4.25. The summed E-state index contributed by atoms with van der Waals surface area (Å²) < 4.78 is 13.2. The third kappa shape index (κ3) is 7.80. The van der Waals surface area contributed by atoms with Crippen molar-refractivity contribution in [2.24, 2.45) is 10.2 Å². The molecule has 2 aliphatic rings. The van der Waals surface area contributed by atoms with Crippen LogP contribution in [0, 0.1) is 12.1 Å². The summed E-state index contributed by atoms with van der Waals surface area (Å²) in [5.41, 5.74) is 1.83. The molecule has 0 aromatic carbocycles. The predicted molar refractivity (Wildman–Crippen MR) is 114 cm³/mol. The van der Waals surface area contributed by atoms with Gasteiger partial charge in [-0.05, 0) is 26.7 Å². The van der Waals surface area contributed by atoms with Crippen molar-refractivity contribution in [1.82, 2.24) is 0 Å². The number of rotatable bonds is 7. The molecule has 0 unspecified atom stereocenters. The van der Waals surface area contributed by atoms with Crippen LogP contribution in [0.3, 0.4) is 0 Å². The number of carbonyl (C=O) groups is 2. The van der Waals surface area contributed by atoms with Crippen LogP contribution in [0.5, 0.6) is 0 Å². The molecule has 0 fully saturated rings. The van der Waals surface area contributed by atoms with Gasteiger partial charge < -0.3 is 9.47 Å². The van der Waals surface area contributed by atoms with Gasteiger partial charge in [-0.2, -0.15) is 0 Å². The monoisotopic (exact) mass is 422 g/mol. The molecule has 2 heterocycles. The van der Waals surface area contributed by atoms with E-state index in [1.165, 1.54) is 0 Å². The van der Waals surface area contributed by atoms with E-state index in [-0.39, 0.29) is 11.9 Å². The van der Waals surface area contributed by atoms with Crippen LogP contribution in [0.2, 0.25) is 0 Å². The van der Waals surface area contributed by atoms with E-state index < -0.39 is 0 Å². The van der Waals surface area contributed by atoms with E-state index in [0.29, 0.717) is 24.6 Å². The zero-order chi connectivity index (χ0) is 23.3. The summed E-state index contributed by atoms with van der Waals surface area (Å²) in [4.78, 5) is 22.8. The predicted octanol–water partition coefficient (Wildman–Crippen LogP) is 4.77. The summed E-state index contributed by atoms with van der Waals surface area (Å²) in [5.74, 6) is -0.668. The van der Waals surface area contributed by atoms with Gasteiger partial charge in [0.05, 0.1) is 13.2 Å². The third-order valence-electron chi connectivity index (χ3n) is 4.25. The molecule has 0 aliphatic carbocycles. The summed E-state index contributed by atoms with van der Waals surface area (Å²) >= 11 is 0. The van der Waals surface area contributed by atoms with Gasteiger partial charge in [0.25, 0.3) is 12.1 Å². The maximum Gasteiger partial charge on any atom is 0.363 e. The number of carbonyl (C=O) groups excluding carboxylic acids is 2. The van der Waals surface area contributed by atoms with Crippen molar-refractivity contribution >= 4 is 11.9 Å². The van der Waals surface area contributed by atoms with Gasteiger partial charge in [0, 0.05) is 35.2 Å². The van der Waals surface area contributed by atoms with Gasteiger partial charge in [-0.3, -0.25) is 0 Å². The molecule has 2 aliphatic heterocycles. The Kier molecular flexibility index (Phi) is 13.4. The van der Waals surface area contributed by atoms with Gasteiger partial charge in [-0.15, -0.1) is 9.39 Å². The first-order valence-corrected chi connectivity index (χ1v) is 10.7. The molecular formula is C22H38N4O4+2. The second-order valence-corrected chi connectivity index (χ2v) is 6.23. The minimum atomic E-state index is -0.342. The highest BCUT2D eigenvalue weighted by atomic mass is 16.5. The van der Waals surface area contributed by atoms with Crippen LogP contribution < -0.4 is 0 Å². The van der Waals surface area contributed by atoms with Crippen molar-refractivity contribution in [3.05, 3.63) is 35.1 Å². The fourth-order valence-corrected chi connectivity index (χ4v) is 2.74. The molecular weight excluding hydrogens is 384 g/mol. The molecule has 0 saturated carbocycles. The highest BCUT2D eigenvalue weighted by Gasteiger charge is 2.35. The van der Waals surface area contributed by atoms with Crippen molar-refractivity contribution in [3.8, 4) is 0 Å². The Bertz CT molecular complexity index is 706. The second-order valence-electron chi connectivity index (χ2n) is 6.23. The van der Waals surface area contributed by atoms with Crippen LogP contribution in [0.25, 0.3) is 0 Å². The molecule has 8 heteroatoms. The molecule has 0 bridgehead atoms. The Morgan fingerprint density at radius 2 is 1.50 bits per heavy atom. The number of hydrogen-bond acceptors (Lipinski definition) is 6. The van der Waals surface area contributed by atoms with Gasteiger partial charge >= 0.3 is 11.9 Å². The van der Waals surface area contributed by atoms with Crippen molar-refractivity contribution in [2.75, 3.05) is 27.3 Å². The lowest BCUT2D eigenvalue weighted by molar-refractivity contribution is -0.538. The van der Waals surface area contributed by atoms with Crippen LogP contribution >= 0.6 is 0 Å². The fourth-order valence-electron chi connectivity index (χ4n) is 2.74. The number of ether oxygens (including phenoxy) is 2. The first-order chi connectivity index (χ1) is 14.3. The molecule has 8 nitrogen and oxygen atoms in total. The van der Waals surface area contributed by atoms with Crippen LogP contribution in [0.4, 0.5) is 0 Å². The van der Waals surface area contributed by atoms with Crippen molar-refractivity contribution in [3.63, 3.8) is 0 Å². The van der Waals surface area contributed by atoms with E-state index in [4.69, 9.17) is 9.47 Å². The standard InChI is InChI=1S/2C10H16N2O2.C2H6/c1-5-8-7(3)12(4)11-9(8)10(13)14-6-2;1-4-6-8-7-9(11-12(8)3)10(13)14-5-2;1-2/h5-6H2,1-4H3;7H,4-6H2,1-3H3;1-2H3/q2*+1;. The second kappa shape index (κ2) is 14.6. The average Bonchev–Trinajstić information content (AvgIpc) is 3.24. The molecule has 0 aromatic heterocycles. The van der Waals surface area contributed by atoms with Gasteiger partial charge in [-0.1, -0.05) is 27.7 Å². The highest BCUT2D eigenvalue weighted by molar-refractivity contribution is 5.89. The van der Waals surface area contributed by atoms with Gasteiger partial charge in [0.15, 0.2) is 14.1 Å². The molecule has 0 amide bonds. The Morgan fingerprint density at radius 3 is 2.00 bits per heavy atom. The van der Waals surface area contributed by atoms with E-state index in [1.54, 1.807) is 29.3 Å². The number of likely N-dealkylation sites (N-methyl/N-ethyl adjacent to an activating group) is 2. The summed E-state index contributed by atoms with van der Waals surface area (Å²) in [6.45, 7) is 14.4. The van der Waals surface area contributed by atoms with E-state index >= 15 is 0 Å². The zero-order valence-corrected chi connectivity index (χ0v) is 20.0.